The summed E-state index contributed by atoms with van der Waals surface area (Å²) < 4.78 is 0. The van der Waals surface area contributed by atoms with Crippen LogP contribution in [0.25, 0.3) is 0 Å². The first-order chi connectivity index (χ1) is 8.60. The van der Waals surface area contributed by atoms with E-state index in [1.807, 2.05) is 12.1 Å². The Bertz CT molecular complexity index is 394. The summed E-state index contributed by atoms with van der Waals surface area (Å²) in [7, 11) is 2.10. The zero-order valence-corrected chi connectivity index (χ0v) is 12.6. The molecule has 1 saturated carbocycles. The smallest absolute Gasteiger partial charge is 0.0406 e. The van der Waals surface area contributed by atoms with Crippen LogP contribution in [0.1, 0.15) is 45.1 Å². The van der Waals surface area contributed by atoms with Gasteiger partial charge >= 0.3 is 0 Å². The highest BCUT2D eigenvalue weighted by Gasteiger charge is 2.57. The molecule has 0 heterocycles. The quantitative estimate of drug-likeness (QED) is 0.847. The van der Waals surface area contributed by atoms with E-state index in [0.717, 1.165) is 5.02 Å². The van der Waals surface area contributed by atoms with Gasteiger partial charge in [-0.2, -0.15) is 0 Å². The second-order valence-electron chi connectivity index (χ2n) is 5.59. The second-order valence-corrected chi connectivity index (χ2v) is 6.03. The van der Waals surface area contributed by atoms with Crippen molar-refractivity contribution in [1.29, 1.82) is 0 Å². The molecule has 0 bridgehead atoms. The monoisotopic (exact) mass is 265 g/mol. The maximum Gasteiger partial charge on any atom is 0.0406 e. The molecule has 1 nitrogen and oxygen atoms in total. The highest BCUT2D eigenvalue weighted by Crippen LogP contribution is 2.60. The summed E-state index contributed by atoms with van der Waals surface area (Å²) in [5.41, 5.74) is 1.85. The number of hydrogen-bond acceptors (Lipinski definition) is 1. The minimum Gasteiger partial charge on any atom is -0.316 e. The Hall–Kier alpha value is -0.530. The number of rotatable bonds is 4. The molecule has 0 spiro atoms. The van der Waals surface area contributed by atoms with Gasteiger partial charge in [-0.3, -0.25) is 0 Å². The van der Waals surface area contributed by atoms with Crippen LogP contribution in [-0.2, 0) is 0 Å². The summed E-state index contributed by atoms with van der Waals surface area (Å²) in [4.78, 5) is 0. The molecule has 2 heteroatoms. The van der Waals surface area contributed by atoms with E-state index in [1.165, 1.54) is 18.4 Å². The first-order valence-corrected chi connectivity index (χ1v) is 7.41. The minimum atomic E-state index is 0.405. The van der Waals surface area contributed by atoms with E-state index in [9.17, 15) is 0 Å². The topological polar surface area (TPSA) is 12.0 Å². The third-order valence-corrected chi connectivity index (χ3v) is 5.40. The molecule has 1 N–H and O–H groups in total. The van der Waals surface area contributed by atoms with Gasteiger partial charge in [-0.15, -0.1) is 0 Å². The molecule has 0 aromatic heterocycles. The third kappa shape index (κ3) is 1.88. The van der Waals surface area contributed by atoms with Crippen molar-refractivity contribution in [2.75, 3.05) is 7.05 Å². The molecule has 1 fully saturated rings. The summed E-state index contributed by atoms with van der Waals surface area (Å²) in [6, 6.07) is 9.08. The van der Waals surface area contributed by atoms with Gasteiger partial charge < -0.3 is 5.32 Å². The van der Waals surface area contributed by atoms with Crippen LogP contribution in [-0.4, -0.2) is 13.1 Å². The molecule has 1 aromatic carbocycles. The van der Waals surface area contributed by atoms with Crippen molar-refractivity contribution in [3.63, 3.8) is 0 Å². The predicted molar refractivity (Wildman–Crippen MR) is 79.2 cm³/mol. The van der Waals surface area contributed by atoms with Gasteiger partial charge in [0.1, 0.15) is 0 Å². The average molecular weight is 266 g/mol. The van der Waals surface area contributed by atoms with E-state index in [4.69, 9.17) is 11.6 Å². The first-order valence-electron chi connectivity index (χ1n) is 7.03. The van der Waals surface area contributed by atoms with E-state index in [0.29, 0.717) is 23.3 Å². The molecule has 100 valence electrons. The number of halogens is 1. The molecule has 0 radical (unpaired) electrons. The van der Waals surface area contributed by atoms with Crippen LogP contribution in [0.4, 0.5) is 0 Å². The predicted octanol–water partition coefficient (Wildman–Crippen LogP) is 4.47. The lowest BCUT2D eigenvalue weighted by Crippen LogP contribution is -2.63. The van der Waals surface area contributed by atoms with Gasteiger partial charge in [-0.1, -0.05) is 44.5 Å². The van der Waals surface area contributed by atoms with Gasteiger partial charge in [0.05, 0.1) is 0 Å². The lowest BCUT2D eigenvalue weighted by molar-refractivity contribution is -0.0356. The molecule has 18 heavy (non-hydrogen) atoms. The highest BCUT2D eigenvalue weighted by molar-refractivity contribution is 6.30. The first kappa shape index (κ1) is 13.9. The van der Waals surface area contributed by atoms with E-state index in [-0.39, 0.29) is 0 Å². The summed E-state index contributed by atoms with van der Waals surface area (Å²) in [6.07, 6.45) is 2.46. The molecule has 1 aromatic rings. The van der Waals surface area contributed by atoms with Crippen molar-refractivity contribution >= 4 is 11.6 Å². The van der Waals surface area contributed by atoms with Crippen LogP contribution in [0.15, 0.2) is 24.3 Å². The maximum absolute atomic E-state index is 6.00. The number of benzene rings is 1. The molecule has 3 atom stereocenters. The van der Waals surface area contributed by atoms with Crippen LogP contribution >= 0.6 is 11.6 Å². The Balaban J connectivity index is 2.34. The fraction of sp³-hybridized carbons (Fsp3) is 0.625. The van der Waals surface area contributed by atoms with Crippen LogP contribution in [0.2, 0.25) is 5.02 Å². The van der Waals surface area contributed by atoms with Gasteiger partial charge in [-0.05, 0) is 54.8 Å². The van der Waals surface area contributed by atoms with Crippen LogP contribution in [0.3, 0.4) is 0 Å². The Morgan fingerprint density at radius 1 is 1.17 bits per heavy atom. The fourth-order valence-electron chi connectivity index (χ4n) is 4.30. The third-order valence-electron chi connectivity index (χ3n) is 5.15. The molecular formula is C16H24ClN. The molecule has 0 aliphatic heterocycles. The van der Waals surface area contributed by atoms with Crippen LogP contribution in [0, 0.1) is 11.3 Å². The van der Waals surface area contributed by atoms with Crippen molar-refractivity contribution in [3.8, 4) is 0 Å². The Morgan fingerprint density at radius 3 is 2.17 bits per heavy atom. The van der Waals surface area contributed by atoms with Crippen molar-refractivity contribution in [3.05, 3.63) is 34.9 Å². The summed E-state index contributed by atoms with van der Waals surface area (Å²) in [5.74, 6) is 1.35. The van der Waals surface area contributed by atoms with Crippen molar-refractivity contribution < 1.29 is 0 Å². The van der Waals surface area contributed by atoms with Gasteiger partial charge in [0.2, 0.25) is 0 Å². The van der Waals surface area contributed by atoms with Gasteiger partial charge in [-0.25, -0.2) is 0 Å². The minimum absolute atomic E-state index is 0.405. The molecule has 0 amide bonds. The number of hydrogen-bond donors (Lipinski definition) is 1. The number of nitrogens with one attached hydrogen (secondary N) is 1. The van der Waals surface area contributed by atoms with Gasteiger partial charge in [0, 0.05) is 11.1 Å². The zero-order chi connectivity index (χ0) is 13.3. The van der Waals surface area contributed by atoms with Gasteiger partial charge in [0.15, 0.2) is 0 Å². The summed E-state index contributed by atoms with van der Waals surface area (Å²) in [6.45, 7) is 7.01. The van der Waals surface area contributed by atoms with Crippen molar-refractivity contribution in [1.82, 2.24) is 5.32 Å². The lowest BCUT2D eigenvalue weighted by atomic mass is 9.46. The SMILES string of the molecule is CCC1(CC)C(NC)C(C)C1c1ccc(Cl)cc1. The lowest BCUT2D eigenvalue weighted by Gasteiger charge is -2.61. The van der Waals surface area contributed by atoms with E-state index >= 15 is 0 Å². The van der Waals surface area contributed by atoms with Gasteiger partial charge in [0.25, 0.3) is 0 Å². The molecular weight excluding hydrogens is 242 g/mol. The van der Waals surface area contributed by atoms with Crippen LogP contribution < -0.4 is 5.32 Å². The molecule has 1 aliphatic carbocycles. The van der Waals surface area contributed by atoms with E-state index < -0.39 is 0 Å². The average Bonchev–Trinajstić information content (AvgIpc) is 2.38. The van der Waals surface area contributed by atoms with Crippen molar-refractivity contribution in [2.24, 2.45) is 11.3 Å². The zero-order valence-electron chi connectivity index (χ0n) is 11.8. The molecule has 2 rings (SSSR count). The Kier molecular flexibility index (Phi) is 4.03. The maximum atomic E-state index is 6.00. The standard InChI is InChI=1S/C16H24ClN/c1-5-16(6-2)14(11(3)15(16)18-4)12-7-9-13(17)10-8-12/h7-11,14-15,18H,5-6H2,1-4H3. The second kappa shape index (κ2) is 5.22. The van der Waals surface area contributed by atoms with E-state index in [2.05, 4.69) is 45.3 Å². The Morgan fingerprint density at radius 2 is 1.72 bits per heavy atom. The molecule has 1 aliphatic rings. The van der Waals surface area contributed by atoms with Crippen LogP contribution in [0.5, 0.6) is 0 Å². The fourth-order valence-corrected chi connectivity index (χ4v) is 4.43. The van der Waals surface area contributed by atoms with Crippen molar-refractivity contribution in [2.45, 2.75) is 45.6 Å². The Labute approximate surface area is 116 Å². The molecule has 0 saturated heterocycles. The largest absolute Gasteiger partial charge is 0.316 e. The van der Waals surface area contributed by atoms with E-state index in [1.54, 1.807) is 0 Å². The highest BCUT2D eigenvalue weighted by atomic mass is 35.5. The normalized spacial score (nSPS) is 29.9. The molecule has 3 unspecified atom stereocenters. The summed E-state index contributed by atoms with van der Waals surface area (Å²) in [5, 5.41) is 4.36. The summed E-state index contributed by atoms with van der Waals surface area (Å²) >= 11 is 6.00.